The summed E-state index contributed by atoms with van der Waals surface area (Å²) in [7, 11) is 0. The molecular formula is C13H18N4O3. The lowest BCUT2D eigenvalue weighted by molar-refractivity contribution is -0.140. The van der Waals surface area contributed by atoms with Crippen LogP contribution in [0.15, 0.2) is 24.5 Å². The fourth-order valence-electron chi connectivity index (χ4n) is 2.08. The topological polar surface area (TPSA) is 96.3 Å². The van der Waals surface area contributed by atoms with E-state index in [1.807, 2.05) is 13.1 Å². The molecule has 3 N–H and O–H groups in total. The molecule has 0 radical (unpaired) electrons. The second-order valence-electron chi connectivity index (χ2n) is 4.85. The molecule has 2 amide bonds. The second-order valence-corrected chi connectivity index (χ2v) is 4.85. The number of aliphatic carboxylic acids is 1. The van der Waals surface area contributed by atoms with E-state index in [1.165, 1.54) is 0 Å². The first-order valence-corrected chi connectivity index (χ1v) is 6.49. The highest BCUT2D eigenvalue weighted by molar-refractivity contribution is 5.76. The predicted octanol–water partition coefficient (Wildman–Crippen LogP) is 0.520. The molecule has 20 heavy (non-hydrogen) atoms. The molecule has 0 saturated carbocycles. The molecule has 0 fully saturated rings. The van der Waals surface area contributed by atoms with Gasteiger partial charge in [-0.25, -0.2) is 4.79 Å². The van der Waals surface area contributed by atoms with Crippen molar-refractivity contribution >= 4 is 12.0 Å². The third kappa shape index (κ3) is 3.84. The number of amides is 2. The summed E-state index contributed by atoms with van der Waals surface area (Å²) in [4.78, 5) is 22.4. The molecule has 2 unspecified atom stereocenters. The van der Waals surface area contributed by atoms with Gasteiger partial charge in [-0.1, -0.05) is 12.2 Å². The number of carboxylic acid groups (broad SMARTS) is 1. The van der Waals surface area contributed by atoms with Gasteiger partial charge in [0.05, 0.1) is 24.7 Å². The van der Waals surface area contributed by atoms with Crippen molar-refractivity contribution in [1.82, 2.24) is 20.4 Å². The average Bonchev–Trinajstić information content (AvgIpc) is 2.99. The van der Waals surface area contributed by atoms with Crippen LogP contribution in [0.5, 0.6) is 0 Å². The summed E-state index contributed by atoms with van der Waals surface area (Å²) in [6.45, 7) is 3.01. The Kier molecular flexibility index (Phi) is 4.39. The van der Waals surface area contributed by atoms with Crippen LogP contribution in [-0.4, -0.2) is 39.5 Å². The van der Waals surface area contributed by atoms with Crippen LogP contribution in [0.3, 0.4) is 0 Å². The Balaban J connectivity index is 1.66. The zero-order chi connectivity index (χ0) is 14.5. The number of nitrogens with zero attached hydrogens (tertiary/aromatic N) is 2. The molecule has 108 valence electrons. The molecule has 0 aliphatic heterocycles. The number of urea groups is 1. The van der Waals surface area contributed by atoms with Crippen molar-refractivity contribution in [3.8, 4) is 0 Å². The zero-order valence-electron chi connectivity index (χ0n) is 11.2. The molecule has 1 heterocycles. The number of carbonyl (C=O) groups is 2. The maximum Gasteiger partial charge on any atom is 0.315 e. The van der Waals surface area contributed by atoms with Gasteiger partial charge in [-0.2, -0.15) is 5.10 Å². The predicted molar refractivity (Wildman–Crippen MR) is 72.2 cm³/mol. The molecule has 2 atom stereocenters. The SMILES string of the molecule is Cc1cnn(CCNC(=O)NC2C=CC(C(=O)O)C2)c1. The minimum Gasteiger partial charge on any atom is -0.481 e. The summed E-state index contributed by atoms with van der Waals surface area (Å²) in [5.74, 6) is -1.37. The monoisotopic (exact) mass is 278 g/mol. The number of carboxylic acids is 1. The molecule has 1 aromatic heterocycles. The average molecular weight is 278 g/mol. The van der Waals surface area contributed by atoms with Gasteiger partial charge >= 0.3 is 12.0 Å². The summed E-state index contributed by atoms with van der Waals surface area (Å²) in [5.41, 5.74) is 1.07. The number of hydrogen-bond donors (Lipinski definition) is 3. The van der Waals surface area contributed by atoms with E-state index in [-0.39, 0.29) is 12.1 Å². The molecule has 0 bridgehead atoms. The van der Waals surface area contributed by atoms with Crippen molar-refractivity contribution in [2.75, 3.05) is 6.54 Å². The van der Waals surface area contributed by atoms with Gasteiger partial charge in [-0.15, -0.1) is 0 Å². The van der Waals surface area contributed by atoms with E-state index in [1.54, 1.807) is 23.0 Å². The normalized spacial score (nSPS) is 20.9. The van der Waals surface area contributed by atoms with E-state index in [9.17, 15) is 9.59 Å². The van der Waals surface area contributed by atoms with Crippen LogP contribution in [0.1, 0.15) is 12.0 Å². The van der Waals surface area contributed by atoms with Crippen LogP contribution in [-0.2, 0) is 11.3 Å². The first kappa shape index (κ1) is 14.1. The molecule has 1 aromatic rings. The van der Waals surface area contributed by atoms with E-state index in [0.29, 0.717) is 19.5 Å². The van der Waals surface area contributed by atoms with Gasteiger partial charge in [0.25, 0.3) is 0 Å². The highest BCUT2D eigenvalue weighted by Gasteiger charge is 2.25. The van der Waals surface area contributed by atoms with Gasteiger partial charge in [0.15, 0.2) is 0 Å². The first-order valence-electron chi connectivity index (χ1n) is 6.49. The Labute approximate surface area is 116 Å². The van der Waals surface area contributed by atoms with Crippen LogP contribution in [0.2, 0.25) is 0 Å². The molecular weight excluding hydrogens is 260 g/mol. The van der Waals surface area contributed by atoms with Crippen molar-refractivity contribution in [3.63, 3.8) is 0 Å². The number of rotatable bonds is 5. The van der Waals surface area contributed by atoms with Crippen molar-refractivity contribution in [2.24, 2.45) is 5.92 Å². The van der Waals surface area contributed by atoms with Gasteiger partial charge < -0.3 is 15.7 Å². The molecule has 1 aliphatic rings. The number of nitrogens with one attached hydrogen (secondary N) is 2. The van der Waals surface area contributed by atoms with Crippen molar-refractivity contribution in [3.05, 3.63) is 30.1 Å². The highest BCUT2D eigenvalue weighted by Crippen LogP contribution is 2.17. The Bertz CT molecular complexity index is 523. The number of aryl methyl sites for hydroxylation is 1. The van der Waals surface area contributed by atoms with Crippen LogP contribution >= 0.6 is 0 Å². The quantitative estimate of drug-likeness (QED) is 0.684. The van der Waals surface area contributed by atoms with Crippen molar-refractivity contribution in [1.29, 1.82) is 0 Å². The lowest BCUT2D eigenvalue weighted by atomic mass is 10.1. The number of hydrogen-bond acceptors (Lipinski definition) is 3. The lowest BCUT2D eigenvalue weighted by Gasteiger charge is -2.13. The minimum absolute atomic E-state index is 0.219. The van der Waals surface area contributed by atoms with E-state index in [4.69, 9.17) is 5.11 Å². The Morgan fingerprint density at radius 3 is 2.90 bits per heavy atom. The van der Waals surface area contributed by atoms with Gasteiger partial charge in [0, 0.05) is 12.7 Å². The van der Waals surface area contributed by atoms with Gasteiger partial charge in [0.2, 0.25) is 0 Å². The zero-order valence-corrected chi connectivity index (χ0v) is 11.2. The summed E-state index contributed by atoms with van der Waals surface area (Å²) in [6, 6.07) is -0.516. The fourth-order valence-corrected chi connectivity index (χ4v) is 2.08. The molecule has 7 heteroatoms. The second kappa shape index (κ2) is 6.23. The molecule has 1 aliphatic carbocycles. The third-order valence-electron chi connectivity index (χ3n) is 3.11. The summed E-state index contributed by atoms with van der Waals surface area (Å²) >= 11 is 0. The van der Waals surface area contributed by atoms with E-state index in [2.05, 4.69) is 15.7 Å². The molecule has 7 nitrogen and oxygen atoms in total. The summed E-state index contributed by atoms with van der Waals surface area (Å²) in [6.07, 6.45) is 7.39. The fraction of sp³-hybridized carbons (Fsp3) is 0.462. The Hall–Kier alpha value is -2.31. The largest absolute Gasteiger partial charge is 0.481 e. The van der Waals surface area contributed by atoms with Gasteiger partial charge in [-0.3, -0.25) is 9.48 Å². The van der Waals surface area contributed by atoms with E-state index >= 15 is 0 Å². The summed E-state index contributed by atoms with van der Waals surface area (Å²) < 4.78 is 1.76. The molecule has 0 aromatic carbocycles. The molecule has 0 spiro atoms. The van der Waals surface area contributed by atoms with Crippen LogP contribution in [0.25, 0.3) is 0 Å². The first-order chi connectivity index (χ1) is 9.54. The van der Waals surface area contributed by atoms with Crippen LogP contribution < -0.4 is 10.6 Å². The minimum atomic E-state index is -0.861. The van der Waals surface area contributed by atoms with Crippen molar-refractivity contribution < 1.29 is 14.7 Å². The Morgan fingerprint density at radius 2 is 2.30 bits per heavy atom. The summed E-state index contributed by atoms with van der Waals surface area (Å²) in [5, 5.41) is 18.4. The standard InChI is InChI=1S/C13H18N4O3/c1-9-7-15-17(8-9)5-4-14-13(20)16-11-3-2-10(6-11)12(18)19/h2-3,7-8,10-11H,4-6H2,1H3,(H,18,19)(H2,14,16,20). The maximum absolute atomic E-state index is 11.6. The number of aromatic nitrogens is 2. The smallest absolute Gasteiger partial charge is 0.315 e. The van der Waals surface area contributed by atoms with E-state index < -0.39 is 11.9 Å². The highest BCUT2D eigenvalue weighted by atomic mass is 16.4. The van der Waals surface area contributed by atoms with Crippen molar-refractivity contribution in [2.45, 2.75) is 25.9 Å². The van der Waals surface area contributed by atoms with E-state index in [0.717, 1.165) is 5.56 Å². The van der Waals surface area contributed by atoms with Crippen LogP contribution in [0, 0.1) is 12.8 Å². The molecule has 0 saturated heterocycles. The lowest BCUT2D eigenvalue weighted by Crippen LogP contribution is -2.42. The van der Waals surface area contributed by atoms with Gasteiger partial charge in [0.1, 0.15) is 0 Å². The number of carbonyl (C=O) groups excluding carboxylic acids is 1. The molecule has 2 rings (SSSR count). The Morgan fingerprint density at radius 1 is 1.50 bits per heavy atom. The van der Waals surface area contributed by atoms with Crippen LogP contribution in [0.4, 0.5) is 4.79 Å². The van der Waals surface area contributed by atoms with Gasteiger partial charge in [-0.05, 0) is 18.9 Å². The third-order valence-corrected chi connectivity index (χ3v) is 3.11. The maximum atomic E-state index is 11.6.